The van der Waals surface area contributed by atoms with E-state index in [0.717, 1.165) is 5.56 Å². The number of rotatable bonds is 2. The molecule has 3 N–H and O–H groups in total. The van der Waals surface area contributed by atoms with E-state index in [-0.39, 0.29) is 0 Å². The van der Waals surface area contributed by atoms with Crippen molar-refractivity contribution in [2.24, 2.45) is 0 Å². The topological polar surface area (TPSA) is 59.1 Å². The lowest BCUT2D eigenvalue weighted by Crippen LogP contribution is -2.32. The average molecular weight is 240 g/mol. The van der Waals surface area contributed by atoms with Crippen molar-refractivity contribution >= 4 is 5.69 Å². The maximum absolute atomic E-state index is 10.7. The Hall–Kier alpha value is -1.87. The third-order valence-electron chi connectivity index (χ3n) is 3.62. The normalized spacial score (nSPS) is 16.5. The van der Waals surface area contributed by atoms with Crippen molar-refractivity contribution in [3.05, 3.63) is 59.4 Å². The molecule has 3 rings (SSSR count). The minimum absolute atomic E-state index is 0.557. The van der Waals surface area contributed by atoms with Gasteiger partial charge in [-0.15, -0.1) is 0 Å². The first-order valence-electron chi connectivity index (χ1n) is 6.14. The van der Waals surface area contributed by atoms with Gasteiger partial charge >= 0.3 is 0 Å². The van der Waals surface area contributed by atoms with Crippen molar-refractivity contribution in [1.82, 2.24) is 4.98 Å². The van der Waals surface area contributed by atoms with E-state index >= 15 is 0 Å². The number of hydrogen-bond donors (Lipinski definition) is 2. The number of pyridine rings is 1. The smallest absolute Gasteiger partial charge is 0.0769 e. The average Bonchev–Trinajstić information content (AvgIpc) is 2.68. The van der Waals surface area contributed by atoms with Crippen molar-refractivity contribution in [3.8, 4) is 0 Å². The predicted octanol–water partition coefficient (Wildman–Crippen LogP) is 1.74. The highest BCUT2D eigenvalue weighted by Gasteiger charge is 2.35. The molecule has 0 amide bonds. The maximum Gasteiger partial charge on any atom is 0.0769 e. The van der Waals surface area contributed by atoms with Crippen LogP contribution in [-0.4, -0.2) is 15.7 Å². The number of nitrogens with two attached hydrogens (primary N) is 1. The fourth-order valence-electron chi connectivity index (χ4n) is 2.74. The van der Waals surface area contributed by atoms with Crippen LogP contribution in [0.15, 0.2) is 42.7 Å². The fourth-order valence-corrected chi connectivity index (χ4v) is 2.74. The quantitative estimate of drug-likeness (QED) is 0.840. The summed E-state index contributed by atoms with van der Waals surface area (Å²) in [6, 6.07) is 9.98. The van der Waals surface area contributed by atoms with E-state index in [0.29, 0.717) is 24.9 Å². The van der Waals surface area contributed by atoms with Crippen LogP contribution in [0.1, 0.15) is 16.7 Å². The van der Waals surface area contributed by atoms with Crippen LogP contribution in [0, 0.1) is 0 Å². The summed E-state index contributed by atoms with van der Waals surface area (Å²) >= 11 is 0. The highest BCUT2D eigenvalue weighted by atomic mass is 16.3. The lowest BCUT2D eigenvalue weighted by molar-refractivity contribution is 0.0519. The monoisotopic (exact) mass is 240 g/mol. The molecule has 0 fully saturated rings. The Bertz CT molecular complexity index is 555. The van der Waals surface area contributed by atoms with Crippen molar-refractivity contribution in [2.45, 2.75) is 24.9 Å². The molecule has 1 aromatic carbocycles. The molecule has 0 atom stereocenters. The van der Waals surface area contributed by atoms with Gasteiger partial charge in [0, 0.05) is 37.3 Å². The third-order valence-corrected chi connectivity index (χ3v) is 3.62. The van der Waals surface area contributed by atoms with Gasteiger partial charge in [-0.25, -0.2) is 0 Å². The zero-order valence-corrected chi connectivity index (χ0v) is 10.1. The number of anilines is 1. The molecule has 0 saturated carbocycles. The minimum atomic E-state index is -0.721. The van der Waals surface area contributed by atoms with Gasteiger partial charge in [0.05, 0.1) is 5.60 Å². The Labute approximate surface area is 106 Å². The number of benzene rings is 1. The van der Waals surface area contributed by atoms with Crippen LogP contribution < -0.4 is 5.73 Å². The third kappa shape index (κ3) is 1.97. The highest BCUT2D eigenvalue weighted by molar-refractivity contribution is 5.46. The highest BCUT2D eigenvalue weighted by Crippen LogP contribution is 2.33. The predicted molar refractivity (Wildman–Crippen MR) is 71.2 cm³/mol. The Morgan fingerprint density at radius 2 is 1.83 bits per heavy atom. The first-order chi connectivity index (χ1) is 8.66. The van der Waals surface area contributed by atoms with Gasteiger partial charge in [-0.2, -0.15) is 0 Å². The summed E-state index contributed by atoms with van der Waals surface area (Å²) in [4.78, 5) is 4.08. The largest absolute Gasteiger partial charge is 0.398 e. The van der Waals surface area contributed by atoms with Crippen LogP contribution in [0.25, 0.3) is 0 Å². The number of nitrogens with zero attached hydrogens (tertiary/aromatic N) is 1. The van der Waals surface area contributed by atoms with Gasteiger partial charge in [0.15, 0.2) is 0 Å². The second-order valence-electron chi connectivity index (χ2n) is 5.10. The van der Waals surface area contributed by atoms with Gasteiger partial charge in [-0.05, 0) is 22.8 Å². The zero-order chi connectivity index (χ0) is 12.6. The molecule has 1 aliphatic carbocycles. The number of nitrogen functional groups attached to an aromatic ring is 1. The number of aliphatic hydroxyl groups is 1. The molecule has 1 heterocycles. The van der Waals surface area contributed by atoms with Gasteiger partial charge in [0.1, 0.15) is 0 Å². The lowest BCUT2D eigenvalue weighted by Gasteiger charge is -2.22. The maximum atomic E-state index is 10.7. The summed E-state index contributed by atoms with van der Waals surface area (Å²) < 4.78 is 0. The Kier molecular flexibility index (Phi) is 2.56. The van der Waals surface area contributed by atoms with Crippen LogP contribution in [-0.2, 0) is 19.3 Å². The van der Waals surface area contributed by atoms with Crippen LogP contribution >= 0.6 is 0 Å². The molecule has 0 aliphatic heterocycles. The number of aromatic nitrogens is 1. The Morgan fingerprint density at radius 3 is 2.44 bits per heavy atom. The minimum Gasteiger partial charge on any atom is -0.398 e. The molecule has 3 heteroatoms. The lowest BCUT2D eigenvalue weighted by atomic mass is 9.92. The molecule has 3 nitrogen and oxygen atoms in total. The van der Waals surface area contributed by atoms with Crippen LogP contribution in [0.2, 0.25) is 0 Å². The van der Waals surface area contributed by atoms with Crippen LogP contribution in [0.3, 0.4) is 0 Å². The zero-order valence-electron chi connectivity index (χ0n) is 10.1. The summed E-state index contributed by atoms with van der Waals surface area (Å²) in [5.41, 5.74) is 9.29. The first kappa shape index (κ1) is 11.2. The van der Waals surface area contributed by atoms with Gasteiger partial charge in [-0.1, -0.05) is 24.3 Å². The summed E-state index contributed by atoms with van der Waals surface area (Å²) in [6.45, 7) is 0. The van der Waals surface area contributed by atoms with E-state index in [9.17, 15) is 5.11 Å². The van der Waals surface area contributed by atoms with Gasteiger partial charge < -0.3 is 10.8 Å². The van der Waals surface area contributed by atoms with Gasteiger partial charge in [-0.3, -0.25) is 4.98 Å². The summed E-state index contributed by atoms with van der Waals surface area (Å²) in [7, 11) is 0. The van der Waals surface area contributed by atoms with Crippen LogP contribution in [0.5, 0.6) is 0 Å². The molecule has 18 heavy (non-hydrogen) atoms. The summed E-state index contributed by atoms with van der Waals surface area (Å²) in [5.74, 6) is 0. The standard InChI is InChI=1S/C15H16N2O/c16-14-5-6-17-10-13(14)9-15(18)7-11-3-1-2-4-12(11)8-15/h1-6,10,18H,7-9H2,(H2,16,17). The second-order valence-corrected chi connectivity index (χ2v) is 5.10. The fraction of sp³-hybridized carbons (Fsp3) is 0.267. The molecule has 2 aromatic rings. The molecule has 0 unspecified atom stereocenters. The second kappa shape index (κ2) is 4.10. The molecule has 1 aliphatic rings. The molecule has 0 radical (unpaired) electrons. The summed E-state index contributed by atoms with van der Waals surface area (Å²) in [5, 5.41) is 10.7. The number of fused-ring (bicyclic) bond motifs is 1. The Balaban J connectivity index is 1.85. The molecule has 0 bridgehead atoms. The molecule has 0 spiro atoms. The number of hydrogen-bond acceptors (Lipinski definition) is 3. The van der Waals surface area contributed by atoms with E-state index in [2.05, 4.69) is 17.1 Å². The van der Waals surface area contributed by atoms with Crippen molar-refractivity contribution in [3.63, 3.8) is 0 Å². The SMILES string of the molecule is Nc1ccncc1CC1(O)Cc2ccccc2C1. The van der Waals surface area contributed by atoms with Gasteiger partial charge in [0.25, 0.3) is 0 Å². The van der Waals surface area contributed by atoms with E-state index in [1.165, 1.54) is 11.1 Å². The molecular formula is C15H16N2O. The molecule has 92 valence electrons. The molecule has 0 saturated heterocycles. The van der Waals surface area contributed by atoms with Crippen molar-refractivity contribution < 1.29 is 5.11 Å². The van der Waals surface area contributed by atoms with Gasteiger partial charge in [0.2, 0.25) is 0 Å². The molecular weight excluding hydrogens is 224 g/mol. The van der Waals surface area contributed by atoms with E-state index in [1.807, 2.05) is 12.1 Å². The first-order valence-corrected chi connectivity index (χ1v) is 6.14. The Morgan fingerprint density at radius 1 is 1.17 bits per heavy atom. The van der Waals surface area contributed by atoms with Crippen LogP contribution in [0.4, 0.5) is 5.69 Å². The summed E-state index contributed by atoms with van der Waals surface area (Å²) in [6.07, 6.45) is 5.36. The van der Waals surface area contributed by atoms with Crippen molar-refractivity contribution in [1.29, 1.82) is 0 Å². The van der Waals surface area contributed by atoms with E-state index in [1.54, 1.807) is 18.5 Å². The van der Waals surface area contributed by atoms with E-state index in [4.69, 9.17) is 5.73 Å². The van der Waals surface area contributed by atoms with E-state index < -0.39 is 5.60 Å². The molecule has 1 aromatic heterocycles. The van der Waals surface area contributed by atoms with Crippen molar-refractivity contribution in [2.75, 3.05) is 5.73 Å².